The highest BCUT2D eigenvalue weighted by molar-refractivity contribution is 7.62. The van der Waals surface area contributed by atoms with Crippen molar-refractivity contribution in [3.8, 4) is 11.3 Å². The van der Waals surface area contributed by atoms with Gasteiger partial charge < -0.3 is 18.9 Å². The third-order valence-electron chi connectivity index (χ3n) is 4.37. The molecule has 0 aliphatic heterocycles. The van der Waals surface area contributed by atoms with Crippen LogP contribution in [0.25, 0.3) is 11.3 Å². The second kappa shape index (κ2) is 10.3. The number of hydrogen-bond donors (Lipinski definition) is 1. The van der Waals surface area contributed by atoms with Crippen molar-refractivity contribution in [2.24, 2.45) is 0 Å². The van der Waals surface area contributed by atoms with Crippen LogP contribution in [0.5, 0.6) is 0 Å². The van der Waals surface area contributed by atoms with Crippen molar-refractivity contribution in [1.82, 2.24) is 5.16 Å². The molecule has 1 aromatic heterocycles. The van der Waals surface area contributed by atoms with Crippen LogP contribution in [0.4, 0.5) is 5.69 Å². The average molecular weight is 428 g/mol. The number of carbonyl (C=O) groups excluding carboxylic acids is 1. The van der Waals surface area contributed by atoms with Crippen LogP contribution in [0.3, 0.4) is 0 Å². The average Bonchev–Trinajstić information content (AvgIpc) is 3.22. The van der Waals surface area contributed by atoms with Gasteiger partial charge in [-0.15, -0.1) is 0 Å². The molecule has 3 rings (SSSR count). The predicted molar refractivity (Wildman–Crippen MR) is 116 cm³/mol. The van der Waals surface area contributed by atoms with Gasteiger partial charge in [-0.1, -0.05) is 35.5 Å². The van der Waals surface area contributed by atoms with E-state index in [1.807, 2.05) is 30.3 Å². The number of carbonyl (C=O) groups is 1. The molecule has 0 radical (unpaired) electrons. The van der Waals surface area contributed by atoms with Crippen LogP contribution in [0.1, 0.15) is 25.8 Å². The van der Waals surface area contributed by atoms with Gasteiger partial charge in [0.2, 0.25) is 5.91 Å². The normalized spacial score (nSPS) is 11.4. The molecule has 30 heavy (non-hydrogen) atoms. The maximum atomic E-state index is 12.8. The van der Waals surface area contributed by atoms with Gasteiger partial charge in [0.15, 0.2) is 5.76 Å². The van der Waals surface area contributed by atoms with E-state index in [4.69, 9.17) is 13.6 Å². The molecule has 0 aliphatic rings. The van der Waals surface area contributed by atoms with Crippen LogP contribution in [0.2, 0.25) is 0 Å². The van der Waals surface area contributed by atoms with E-state index >= 15 is 0 Å². The molecule has 1 amide bonds. The summed E-state index contributed by atoms with van der Waals surface area (Å²) in [4.78, 5) is 12.4. The molecule has 0 unspecified atom stereocenters. The van der Waals surface area contributed by atoms with Crippen LogP contribution < -0.4 is 10.6 Å². The summed E-state index contributed by atoms with van der Waals surface area (Å²) < 4.78 is 28.8. The summed E-state index contributed by atoms with van der Waals surface area (Å²) in [6.07, 6.45) is 2.42. The summed E-state index contributed by atoms with van der Waals surface area (Å²) >= 11 is 0. The highest BCUT2D eigenvalue weighted by Gasteiger charge is 2.26. The summed E-state index contributed by atoms with van der Waals surface area (Å²) in [6, 6.07) is 16.3. The molecular weight excluding hydrogens is 403 g/mol. The van der Waals surface area contributed by atoms with Crippen LogP contribution in [0, 0.1) is 0 Å². The van der Waals surface area contributed by atoms with Gasteiger partial charge in [-0.2, -0.15) is 0 Å². The molecule has 8 heteroatoms. The molecule has 158 valence electrons. The smallest absolute Gasteiger partial charge is 0.356 e. The molecule has 2 aromatic carbocycles. The Morgan fingerprint density at radius 3 is 2.33 bits per heavy atom. The van der Waals surface area contributed by atoms with E-state index in [2.05, 4.69) is 10.5 Å². The van der Waals surface area contributed by atoms with Gasteiger partial charge in [0, 0.05) is 23.2 Å². The molecule has 0 spiro atoms. The van der Waals surface area contributed by atoms with Crippen LogP contribution in [-0.2, 0) is 24.8 Å². The van der Waals surface area contributed by atoms with Gasteiger partial charge in [0.25, 0.3) is 0 Å². The Labute approximate surface area is 175 Å². The van der Waals surface area contributed by atoms with Crippen molar-refractivity contribution in [3.05, 3.63) is 66.4 Å². The van der Waals surface area contributed by atoms with Crippen LogP contribution in [0.15, 0.2) is 65.3 Å². The third kappa shape index (κ3) is 5.45. The molecule has 0 fully saturated rings. The lowest BCUT2D eigenvalue weighted by molar-refractivity contribution is -0.116. The number of hydrogen-bond acceptors (Lipinski definition) is 6. The van der Waals surface area contributed by atoms with Gasteiger partial charge in [0.1, 0.15) is 0 Å². The molecule has 0 saturated carbocycles. The monoisotopic (exact) mass is 428 g/mol. The summed E-state index contributed by atoms with van der Waals surface area (Å²) in [5.74, 6) is 0.538. The first-order chi connectivity index (χ1) is 14.6. The van der Waals surface area contributed by atoms with E-state index in [9.17, 15) is 9.36 Å². The van der Waals surface area contributed by atoms with E-state index in [-0.39, 0.29) is 25.5 Å². The minimum Gasteiger partial charge on any atom is -0.356 e. The fourth-order valence-corrected chi connectivity index (χ4v) is 4.56. The maximum Gasteiger partial charge on any atom is 0.361 e. The Hall–Kier alpha value is -2.73. The van der Waals surface area contributed by atoms with Crippen molar-refractivity contribution < 1.29 is 22.9 Å². The van der Waals surface area contributed by atoms with Gasteiger partial charge in [0.05, 0.1) is 24.7 Å². The highest BCUT2D eigenvalue weighted by atomic mass is 31.2. The number of anilines is 1. The third-order valence-corrected chi connectivity index (χ3v) is 6.49. The lowest BCUT2D eigenvalue weighted by Gasteiger charge is -2.17. The van der Waals surface area contributed by atoms with Crippen LogP contribution >= 0.6 is 7.60 Å². The molecule has 0 bridgehead atoms. The van der Waals surface area contributed by atoms with E-state index in [1.54, 1.807) is 44.3 Å². The molecule has 0 atom stereocenters. The van der Waals surface area contributed by atoms with Crippen molar-refractivity contribution in [2.45, 2.75) is 26.7 Å². The predicted octanol–water partition coefficient (Wildman–Crippen LogP) is 4.80. The zero-order chi connectivity index (χ0) is 21.4. The second-order valence-corrected chi connectivity index (χ2v) is 8.50. The molecule has 1 heterocycles. The lowest BCUT2D eigenvalue weighted by Crippen LogP contribution is -2.14. The van der Waals surface area contributed by atoms with Crippen molar-refractivity contribution in [2.75, 3.05) is 18.5 Å². The minimum atomic E-state index is -3.34. The number of nitrogens with zero attached hydrogens (tertiary/aromatic N) is 1. The highest BCUT2D eigenvalue weighted by Crippen LogP contribution is 2.46. The number of amides is 1. The largest absolute Gasteiger partial charge is 0.361 e. The number of aryl methyl sites for hydroxylation is 1. The summed E-state index contributed by atoms with van der Waals surface area (Å²) in [5, 5.41) is 7.17. The first-order valence-corrected chi connectivity index (χ1v) is 11.4. The van der Waals surface area contributed by atoms with Gasteiger partial charge in [-0.3, -0.25) is 9.36 Å². The summed E-state index contributed by atoms with van der Waals surface area (Å²) in [5.41, 5.74) is 2.41. The van der Waals surface area contributed by atoms with Crippen LogP contribution in [-0.4, -0.2) is 24.3 Å². The molecule has 0 saturated heterocycles. The van der Waals surface area contributed by atoms with E-state index in [1.165, 1.54) is 0 Å². The Morgan fingerprint density at radius 1 is 1.03 bits per heavy atom. The number of benzene rings is 2. The molecule has 3 aromatic rings. The van der Waals surface area contributed by atoms with Crippen molar-refractivity contribution >= 4 is 24.5 Å². The Balaban J connectivity index is 1.60. The standard InChI is InChI=1S/C22H25N2O5P/c1-3-27-30(26,28-4-2)20-13-11-19(12-14-20)24-21(25)15-10-18-16-23-29-22(18)17-8-6-5-7-9-17/h5-9,11-14,16H,3-4,10,15H2,1-2H3,(H,24,25). The first-order valence-electron chi connectivity index (χ1n) is 9.84. The molecule has 1 N–H and O–H groups in total. The number of aromatic nitrogens is 1. The Morgan fingerprint density at radius 2 is 1.70 bits per heavy atom. The second-order valence-electron chi connectivity index (χ2n) is 6.47. The SMILES string of the molecule is CCOP(=O)(OCC)c1ccc(NC(=O)CCc2cnoc2-c2ccccc2)cc1. The Bertz CT molecular complexity index is 992. The van der Waals surface area contributed by atoms with E-state index in [0.717, 1.165) is 11.1 Å². The summed E-state index contributed by atoms with van der Waals surface area (Å²) in [7, 11) is -3.34. The quantitative estimate of drug-likeness (QED) is 0.466. The van der Waals surface area contributed by atoms with E-state index < -0.39 is 7.60 Å². The van der Waals surface area contributed by atoms with Crippen molar-refractivity contribution in [1.29, 1.82) is 0 Å². The molecule has 0 aliphatic carbocycles. The Kier molecular flexibility index (Phi) is 7.57. The zero-order valence-corrected chi connectivity index (χ0v) is 17.9. The van der Waals surface area contributed by atoms with Gasteiger partial charge >= 0.3 is 7.60 Å². The topological polar surface area (TPSA) is 90.7 Å². The fraction of sp³-hybridized carbons (Fsp3) is 0.273. The fourth-order valence-electron chi connectivity index (χ4n) is 2.99. The zero-order valence-electron chi connectivity index (χ0n) is 17.0. The maximum absolute atomic E-state index is 12.8. The minimum absolute atomic E-state index is 0.138. The van der Waals surface area contributed by atoms with Gasteiger partial charge in [-0.05, 0) is 44.5 Å². The summed E-state index contributed by atoms with van der Waals surface area (Å²) in [6.45, 7) is 4.09. The van der Waals surface area contributed by atoms with Crippen molar-refractivity contribution in [3.63, 3.8) is 0 Å². The number of rotatable bonds is 10. The molecular formula is C22H25N2O5P. The van der Waals surface area contributed by atoms with E-state index in [0.29, 0.717) is 23.2 Å². The van der Waals surface area contributed by atoms with Gasteiger partial charge in [-0.25, -0.2) is 0 Å². The first kappa shape index (κ1) is 22.0. The number of nitrogens with one attached hydrogen (secondary N) is 1. The lowest BCUT2D eigenvalue weighted by atomic mass is 10.1. The molecule has 7 nitrogen and oxygen atoms in total.